The Morgan fingerprint density at radius 2 is 1.95 bits per heavy atom. The number of Topliss-reactive ketones (excluding diaryl/α,β-unsaturated/α-hetero) is 1. The molecular formula is C13H18N2O4S. The predicted octanol–water partition coefficient (Wildman–Crippen LogP) is 1.40. The Bertz CT molecular complexity index is 611. The molecule has 1 N–H and O–H groups in total. The minimum atomic E-state index is -3.11. The summed E-state index contributed by atoms with van der Waals surface area (Å²) in [7, 11) is -1.60. The largest absolute Gasteiger partial charge is 0.327 e. The molecule has 0 fully saturated rings. The quantitative estimate of drug-likeness (QED) is 0.833. The molecule has 0 heterocycles. The first-order valence-corrected chi connectivity index (χ1v) is 8.06. The minimum absolute atomic E-state index is 0.0912. The molecular weight excluding hydrogens is 280 g/mol. The second kappa shape index (κ2) is 6.51. The Morgan fingerprint density at radius 1 is 1.30 bits per heavy atom. The van der Waals surface area contributed by atoms with Gasteiger partial charge in [0.2, 0.25) is 0 Å². The molecule has 0 saturated heterocycles. The van der Waals surface area contributed by atoms with Gasteiger partial charge < -0.3 is 10.2 Å². The highest BCUT2D eigenvalue weighted by atomic mass is 32.2. The van der Waals surface area contributed by atoms with Gasteiger partial charge in [0.15, 0.2) is 5.78 Å². The second-order valence-electron chi connectivity index (χ2n) is 4.62. The number of sulfone groups is 1. The molecule has 110 valence electrons. The average Bonchev–Trinajstić information content (AvgIpc) is 2.35. The van der Waals surface area contributed by atoms with E-state index in [4.69, 9.17) is 0 Å². The van der Waals surface area contributed by atoms with E-state index in [2.05, 4.69) is 5.32 Å². The zero-order chi connectivity index (χ0) is 15.3. The van der Waals surface area contributed by atoms with Crippen LogP contribution in [0.5, 0.6) is 0 Å². The number of hydrogen-bond acceptors (Lipinski definition) is 4. The van der Waals surface area contributed by atoms with Gasteiger partial charge >= 0.3 is 6.03 Å². The summed E-state index contributed by atoms with van der Waals surface area (Å²) in [4.78, 5) is 24.4. The zero-order valence-electron chi connectivity index (χ0n) is 11.7. The van der Waals surface area contributed by atoms with Crippen LogP contribution in [-0.4, -0.2) is 50.7 Å². The molecule has 0 atom stereocenters. The van der Waals surface area contributed by atoms with Crippen molar-refractivity contribution in [3.63, 3.8) is 0 Å². The van der Waals surface area contributed by atoms with Crippen molar-refractivity contribution in [2.45, 2.75) is 6.92 Å². The standard InChI is InChI=1S/C13H18N2O4S/c1-10(16)11-5-4-6-12(9-11)14-13(17)15(2)7-8-20(3,18)19/h4-6,9H,7-8H2,1-3H3,(H,14,17). The number of carbonyl (C=O) groups excluding carboxylic acids is 2. The Labute approximate surface area is 118 Å². The van der Waals surface area contributed by atoms with Gasteiger partial charge in [-0.1, -0.05) is 12.1 Å². The van der Waals surface area contributed by atoms with Crippen LogP contribution in [0.4, 0.5) is 10.5 Å². The van der Waals surface area contributed by atoms with Crippen LogP contribution in [0.3, 0.4) is 0 Å². The van der Waals surface area contributed by atoms with E-state index in [0.29, 0.717) is 11.3 Å². The molecule has 2 amide bonds. The second-order valence-corrected chi connectivity index (χ2v) is 6.88. The molecule has 0 bridgehead atoms. The number of amides is 2. The van der Waals surface area contributed by atoms with E-state index in [0.717, 1.165) is 6.26 Å². The van der Waals surface area contributed by atoms with Crippen molar-refractivity contribution in [3.05, 3.63) is 29.8 Å². The van der Waals surface area contributed by atoms with E-state index in [-0.39, 0.29) is 18.1 Å². The summed E-state index contributed by atoms with van der Waals surface area (Å²) in [6, 6.07) is 6.14. The van der Waals surface area contributed by atoms with E-state index < -0.39 is 15.9 Å². The van der Waals surface area contributed by atoms with E-state index in [9.17, 15) is 18.0 Å². The molecule has 0 aliphatic heterocycles. The minimum Gasteiger partial charge on any atom is -0.327 e. The van der Waals surface area contributed by atoms with Gasteiger partial charge in [0, 0.05) is 31.1 Å². The summed E-state index contributed by atoms with van der Waals surface area (Å²) in [5, 5.41) is 2.61. The number of nitrogens with one attached hydrogen (secondary N) is 1. The van der Waals surface area contributed by atoms with Gasteiger partial charge in [-0.15, -0.1) is 0 Å². The third-order valence-corrected chi connectivity index (χ3v) is 3.59. The van der Waals surface area contributed by atoms with E-state index >= 15 is 0 Å². The highest BCUT2D eigenvalue weighted by molar-refractivity contribution is 7.90. The molecule has 7 heteroatoms. The van der Waals surface area contributed by atoms with Crippen molar-refractivity contribution in [3.8, 4) is 0 Å². The Kier molecular flexibility index (Phi) is 5.26. The SMILES string of the molecule is CC(=O)c1cccc(NC(=O)N(C)CCS(C)(=O)=O)c1. The first-order valence-electron chi connectivity index (χ1n) is 6.00. The van der Waals surface area contributed by atoms with Crippen LogP contribution in [0.1, 0.15) is 17.3 Å². The topological polar surface area (TPSA) is 83.6 Å². The molecule has 0 aromatic heterocycles. The van der Waals surface area contributed by atoms with Crippen LogP contribution in [0, 0.1) is 0 Å². The van der Waals surface area contributed by atoms with Gasteiger partial charge in [-0.25, -0.2) is 13.2 Å². The molecule has 1 aromatic rings. The number of benzene rings is 1. The normalized spacial score (nSPS) is 10.9. The lowest BCUT2D eigenvalue weighted by molar-refractivity contribution is 0.101. The molecule has 0 unspecified atom stereocenters. The molecule has 6 nitrogen and oxygen atoms in total. The third kappa shape index (κ3) is 5.40. The fourth-order valence-electron chi connectivity index (χ4n) is 1.44. The van der Waals surface area contributed by atoms with E-state index in [1.807, 2.05) is 0 Å². The summed E-state index contributed by atoms with van der Waals surface area (Å²) >= 11 is 0. The van der Waals surface area contributed by atoms with Crippen LogP contribution in [0.2, 0.25) is 0 Å². The van der Waals surface area contributed by atoms with Gasteiger partial charge in [0.1, 0.15) is 9.84 Å². The maximum Gasteiger partial charge on any atom is 0.321 e. The molecule has 1 aromatic carbocycles. The van der Waals surface area contributed by atoms with Crippen molar-refractivity contribution in [1.29, 1.82) is 0 Å². The van der Waals surface area contributed by atoms with Gasteiger partial charge in [0.25, 0.3) is 0 Å². The predicted molar refractivity (Wildman–Crippen MR) is 77.8 cm³/mol. The monoisotopic (exact) mass is 298 g/mol. The molecule has 0 aliphatic rings. The number of rotatable bonds is 5. The molecule has 0 radical (unpaired) electrons. The van der Waals surface area contributed by atoms with Crippen molar-refractivity contribution < 1.29 is 18.0 Å². The third-order valence-electron chi connectivity index (χ3n) is 2.66. The van der Waals surface area contributed by atoms with E-state index in [1.165, 1.54) is 18.9 Å². The van der Waals surface area contributed by atoms with Crippen LogP contribution < -0.4 is 5.32 Å². The Morgan fingerprint density at radius 3 is 2.50 bits per heavy atom. The maximum absolute atomic E-state index is 11.8. The molecule has 0 saturated carbocycles. The first kappa shape index (κ1) is 16.2. The summed E-state index contributed by atoms with van der Waals surface area (Å²) < 4.78 is 22.1. The van der Waals surface area contributed by atoms with E-state index in [1.54, 1.807) is 24.3 Å². The van der Waals surface area contributed by atoms with Crippen LogP contribution in [0.15, 0.2) is 24.3 Å². The first-order chi connectivity index (χ1) is 9.19. The number of anilines is 1. The highest BCUT2D eigenvalue weighted by Crippen LogP contribution is 2.11. The summed E-state index contributed by atoms with van der Waals surface area (Å²) in [6.07, 6.45) is 1.12. The lowest BCUT2D eigenvalue weighted by Gasteiger charge is -2.17. The number of carbonyl (C=O) groups is 2. The maximum atomic E-state index is 11.8. The van der Waals surface area contributed by atoms with Crippen LogP contribution >= 0.6 is 0 Å². The highest BCUT2D eigenvalue weighted by Gasteiger charge is 2.12. The van der Waals surface area contributed by atoms with Crippen molar-refractivity contribution in [2.75, 3.05) is 30.9 Å². The summed E-state index contributed by atoms with van der Waals surface area (Å²) in [6.45, 7) is 1.55. The zero-order valence-corrected chi connectivity index (χ0v) is 12.5. The number of nitrogens with zero attached hydrogens (tertiary/aromatic N) is 1. The number of urea groups is 1. The van der Waals surface area contributed by atoms with Crippen molar-refractivity contribution >= 4 is 27.3 Å². The Balaban J connectivity index is 2.66. The van der Waals surface area contributed by atoms with Crippen LogP contribution in [-0.2, 0) is 9.84 Å². The average molecular weight is 298 g/mol. The lowest BCUT2D eigenvalue weighted by Crippen LogP contribution is -2.34. The van der Waals surface area contributed by atoms with Gasteiger partial charge in [-0.2, -0.15) is 0 Å². The van der Waals surface area contributed by atoms with Crippen molar-refractivity contribution in [1.82, 2.24) is 4.90 Å². The van der Waals surface area contributed by atoms with Crippen LogP contribution in [0.25, 0.3) is 0 Å². The Hall–Kier alpha value is -1.89. The van der Waals surface area contributed by atoms with Gasteiger partial charge in [0.05, 0.1) is 5.75 Å². The van der Waals surface area contributed by atoms with Gasteiger partial charge in [-0.3, -0.25) is 4.79 Å². The van der Waals surface area contributed by atoms with Gasteiger partial charge in [-0.05, 0) is 19.1 Å². The smallest absolute Gasteiger partial charge is 0.321 e. The molecule has 0 aliphatic carbocycles. The lowest BCUT2D eigenvalue weighted by atomic mass is 10.1. The van der Waals surface area contributed by atoms with Crippen molar-refractivity contribution in [2.24, 2.45) is 0 Å². The molecule has 1 rings (SSSR count). The summed E-state index contributed by atoms with van der Waals surface area (Å²) in [5.41, 5.74) is 0.996. The fourth-order valence-corrected chi connectivity index (χ4v) is 2.04. The fraction of sp³-hybridized carbons (Fsp3) is 0.385. The number of ketones is 1. The summed E-state index contributed by atoms with van der Waals surface area (Å²) in [5.74, 6) is -0.184. The molecule has 20 heavy (non-hydrogen) atoms. The number of hydrogen-bond donors (Lipinski definition) is 1. The molecule has 0 spiro atoms.